The number of hydrogen-bond donors (Lipinski definition) is 1. The summed E-state index contributed by atoms with van der Waals surface area (Å²) in [4.78, 5) is 4.54. The molecule has 0 unspecified atom stereocenters. The van der Waals surface area contributed by atoms with E-state index in [2.05, 4.69) is 72.1 Å². The van der Waals surface area contributed by atoms with Crippen molar-refractivity contribution in [3.05, 3.63) is 40.5 Å². The second-order valence-electron chi connectivity index (χ2n) is 7.23. The third kappa shape index (κ3) is 2.40. The molecule has 0 atom stereocenters. The van der Waals surface area contributed by atoms with Crippen LogP contribution >= 0.6 is 15.9 Å². The quantitative estimate of drug-likeness (QED) is 0.862. The minimum atomic E-state index is 0.444. The van der Waals surface area contributed by atoms with Gasteiger partial charge in [-0.3, -0.25) is 4.98 Å². The highest BCUT2D eigenvalue weighted by molar-refractivity contribution is 9.10. The Kier molecular flexibility index (Phi) is 3.61. The lowest BCUT2D eigenvalue weighted by Crippen LogP contribution is -2.19. The standard InChI is InChI=1S/C18H23BrN2/c1-17(2)15(18(17,3)4)11-20-10-12-7-8-14(19)13-6-5-9-21-16(12)13/h5-9,15,20H,10-11H2,1-4H3. The normalized spacial score (nSPS) is 19.9. The van der Waals surface area contributed by atoms with Crippen molar-refractivity contribution >= 4 is 26.8 Å². The summed E-state index contributed by atoms with van der Waals surface area (Å²) in [6.45, 7) is 11.4. The maximum Gasteiger partial charge on any atom is 0.0758 e. The smallest absolute Gasteiger partial charge is 0.0758 e. The van der Waals surface area contributed by atoms with Crippen molar-refractivity contribution < 1.29 is 0 Å². The van der Waals surface area contributed by atoms with Gasteiger partial charge in [0.2, 0.25) is 0 Å². The van der Waals surface area contributed by atoms with Gasteiger partial charge in [0.15, 0.2) is 0 Å². The van der Waals surface area contributed by atoms with E-state index >= 15 is 0 Å². The molecule has 2 nitrogen and oxygen atoms in total. The Hall–Kier alpha value is -0.930. The SMILES string of the molecule is CC1(C)C(CNCc2ccc(Br)c3cccnc23)C1(C)C. The Morgan fingerprint density at radius 2 is 1.86 bits per heavy atom. The van der Waals surface area contributed by atoms with E-state index in [1.54, 1.807) is 0 Å². The van der Waals surface area contributed by atoms with Crippen molar-refractivity contribution in [2.75, 3.05) is 6.54 Å². The van der Waals surface area contributed by atoms with E-state index in [1.165, 1.54) is 10.9 Å². The lowest BCUT2D eigenvalue weighted by atomic mass is 10.0. The summed E-state index contributed by atoms with van der Waals surface area (Å²) in [5, 5.41) is 4.82. The van der Waals surface area contributed by atoms with E-state index in [0.717, 1.165) is 29.0 Å². The van der Waals surface area contributed by atoms with Crippen molar-refractivity contribution in [3.63, 3.8) is 0 Å². The van der Waals surface area contributed by atoms with Crippen LogP contribution in [0.15, 0.2) is 34.9 Å². The fourth-order valence-corrected chi connectivity index (χ4v) is 3.99. The Balaban J connectivity index is 1.71. The molecule has 1 aromatic heterocycles. The van der Waals surface area contributed by atoms with E-state index in [9.17, 15) is 0 Å². The van der Waals surface area contributed by atoms with Gasteiger partial charge in [-0.1, -0.05) is 55.8 Å². The molecule has 1 fully saturated rings. The minimum absolute atomic E-state index is 0.444. The molecule has 0 aliphatic heterocycles. The van der Waals surface area contributed by atoms with E-state index in [4.69, 9.17) is 0 Å². The molecule has 0 spiro atoms. The lowest BCUT2D eigenvalue weighted by molar-refractivity contribution is 0.457. The van der Waals surface area contributed by atoms with E-state index < -0.39 is 0 Å². The van der Waals surface area contributed by atoms with Crippen molar-refractivity contribution in [1.82, 2.24) is 10.3 Å². The molecule has 0 bridgehead atoms. The monoisotopic (exact) mass is 346 g/mol. The average Bonchev–Trinajstić information content (AvgIpc) is 2.83. The molecule has 112 valence electrons. The number of hydrogen-bond acceptors (Lipinski definition) is 2. The van der Waals surface area contributed by atoms with Crippen LogP contribution in [0.5, 0.6) is 0 Å². The molecule has 1 aliphatic rings. The van der Waals surface area contributed by atoms with Crippen LogP contribution in [0.4, 0.5) is 0 Å². The highest BCUT2D eigenvalue weighted by Crippen LogP contribution is 2.67. The number of fused-ring (bicyclic) bond motifs is 1. The van der Waals surface area contributed by atoms with Gasteiger partial charge in [-0.15, -0.1) is 0 Å². The summed E-state index contributed by atoms with van der Waals surface area (Å²) in [6.07, 6.45) is 1.87. The van der Waals surface area contributed by atoms with Gasteiger partial charge in [-0.05, 0) is 41.0 Å². The van der Waals surface area contributed by atoms with Crippen molar-refractivity contribution in [3.8, 4) is 0 Å². The molecule has 21 heavy (non-hydrogen) atoms. The molecule has 3 rings (SSSR count). The number of aromatic nitrogens is 1. The Morgan fingerprint density at radius 3 is 2.52 bits per heavy atom. The summed E-state index contributed by atoms with van der Waals surface area (Å²) in [7, 11) is 0. The van der Waals surface area contributed by atoms with Crippen molar-refractivity contribution in [1.29, 1.82) is 0 Å². The molecule has 2 aromatic rings. The average molecular weight is 347 g/mol. The number of rotatable bonds is 4. The third-order valence-corrected chi connectivity index (χ3v) is 6.48. The number of nitrogens with one attached hydrogen (secondary N) is 1. The van der Waals surface area contributed by atoms with Gasteiger partial charge in [0.1, 0.15) is 0 Å². The molecule has 0 amide bonds. The summed E-state index contributed by atoms with van der Waals surface area (Å²) in [5.74, 6) is 0.750. The third-order valence-electron chi connectivity index (χ3n) is 5.78. The summed E-state index contributed by atoms with van der Waals surface area (Å²) >= 11 is 3.60. The van der Waals surface area contributed by atoms with Crippen LogP contribution in [0.1, 0.15) is 33.3 Å². The van der Waals surface area contributed by atoms with Crippen molar-refractivity contribution in [2.24, 2.45) is 16.7 Å². The first kappa shape index (κ1) is 15.0. The lowest BCUT2D eigenvalue weighted by Gasteiger charge is -2.09. The molecular formula is C18H23BrN2. The van der Waals surface area contributed by atoms with Crippen LogP contribution in [0.3, 0.4) is 0 Å². The first-order valence-electron chi connectivity index (χ1n) is 7.58. The zero-order valence-electron chi connectivity index (χ0n) is 13.2. The van der Waals surface area contributed by atoms with Crippen LogP contribution < -0.4 is 5.32 Å². The van der Waals surface area contributed by atoms with E-state index in [1.807, 2.05) is 12.3 Å². The summed E-state index contributed by atoms with van der Waals surface area (Å²) in [5.41, 5.74) is 3.25. The zero-order valence-corrected chi connectivity index (χ0v) is 14.8. The molecule has 1 saturated carbocycles. The molecule has 1 heterocycles. The van der Waals surface area contributed by atoms with Crippen LogP contribution in [-0.4, -0.2) is 11.5 Å². The second-order valence-corrected chi connectivity index (χ2v) is 8.09. The van der Waals surface area contributed by atoms with Crippen LogP contribution in [-0.2, 0) is 6.54 Å². The number of benzene rings is 1. The molecular weight excluding hydrogens is 324 g/mol. The minimum Gasteiger partial charge on any atom is -0.312 e. The van der Waals surface area contributed by atoms with Crippen LogP contribution in [0.2, 0.25) is 0 Å². The molecule has 1 aromatic carbocycles. The molecule has 0 saturated heterocycles. The zero-order chi connectivity index (χ0) is 15.3. The highest BCUT2D eigenvalue weighted by Gasteiger charge is 2.63. The highest BCUT2D eigenvalue weighted by atomic mass is 79.9. The van der Waals surface area contributed by atoms with E-state index in [-0.39, 0.29) is 0 Å². The van der Waals surface area contributed by atoms with Gasteiger partial charge < -0.3 is 5.32 Å². The summed E-state index contributed by atoms with van der Waals surface area (Å²) in [6, 6.07) is 8.38. The van der Waals surface area contributed by atoms with Crippen molar-refractivity contribution in [2.45, 2.75) is 34.2 Å². The number of nitrogens with zero attached hydrogens (tertiary/aromatic N) is 1. The van der Waals surface area contributed by atoms with Gasteiger partial charge in [0.05, 0.1) is 5.52 Å². The fourth-order valence-electron chi connectivity index (χ4n) is 3.53. The predicted octanol–water partition coefficient (Wildman–Crippen LogP) is 4.77. The molecule has 3 heteroatoms. The first-order chi connectivity index (χ1) is 9.85. The Morgan fingerprint density at radius 1 is 1.14 bits per heavy atom. The molecule has 1 N–H and O–H groups in total. The van der Waals surface area contributed by atoms with Gasteiger partial charge in [-0.2, -0.15) is 0 Å². The van der Waals surface area contributed by atoms with Gasteiger partial charge >= 0.3 is 0 Å². The van der Waals surface area contributed by atoms with Crippen LogP contribution in [0, 0.1) is 16.7 Å². The summed E-state index contributed by atoms with van der Waals surface area (Å²) < 4.78 is 1.11. The fraction of sp³-hybridized carbons (Fsp3) is 0.500. The number of halogens is 1. The van der Waals surface area contributed by atoms with E-state index in [0.29, 0.717) is 10.8 Å². The first-order valence-corrected chi connectivity index (χ1v) is 8.38. The van der Waals surface area contributed by atoms with Crippen LogP contribution in [0.25, 0.3) is 10.9 Å². The maximum absolute atomic E-state index is 4.54. The van der Waals surface area contributed by atoms with Gasteiger partial charge in [0.25, 0.3) is 0 Å². The Bertz CT molecular complexity index is 662. The number of pyridine rings is 1. The van der Waals surface area contributed by atoms with Gasteiger partial charge in [-0.25, -0.2) is 0 Å². The maximum atomic E-state index is 4.54. The largest absolute Gasteiger partial charge is 0.312 e. The predicted molar refractivity (Wildman–Crippen MR) is 92.2 cm³/mol. The topological polar surface area (TPSA) is 24.9 Å². The molecule has 1 aliphatic carbocycles. The molecule has 0 radical (unpaired) electrons. The Labute approximate surface area is 135 Å². The second kappa shape index (κ2) is 5.06. The van der Waals surface area contributed by atoms with Gasteiger partial charge in [0, 0.05) is 22.6 Å².